The van der Waals surface area contributed by atoms with Gasteiger partial charge in [-0.15, -0.1) is 0 Å². The molecule has 21 heavy (non-hydrogen) atoms. The molecule has 5 heteroatoms. The highest BCUT2D eigenvalue weighted by Crippen LogP contribution is 2.16. The molecule has 0 radical (unpaired) electrons. The van der Waals surface area contributed by atoms with Gasteiger partial charge in [0.05, 0.1) is 5.54 Å². The van der Waals surface area contributed by atoms with E-state index in [2.05, 4.69) is 24.1 Å². The van der Waals surface area contributed by atoms with Crippen LogP contribution in [0.15, 0.2) is 24.3 Å². The van der Waals surface area contributed by atoms with E-state index in [0.717, 1.165) is 31.1 Å². The summed E-state index contributed by atoms with van der Waals surface area (Å²) in [6, 6.07) is 7.33. The highest BCUT2D eigenvalue weighted by Gasteiger charge is 2.21. The first-order valence-corrected chi connectivity index (χ1v) is 7.42. The lowest BCUT2D eigenvalue weighted by atomic mass is 10.1. The average molecular weight is 293 g/mol. The Morgan fingerprint density at radius 1 is 1.24 bits per heavy atom. The minimum Gasteiger partial charge on any atom is -0.492 e. The number of hydrogen-bond acceptors (Lipinski definition) is 4. The van der Waals surface area contributed by atoms with Gasteiger partial charge in [0, 0.05) is 12.2 Å². The average Bonchev–Trinajstić information content (AvgIpc) is 2.44. The Morgan fingerprint density at radius 2 is 1.81 bits per heavy atom. The molecule has 0 spiro atoms. The Bertz CT molecular complexity index is 434. The zero-order valence-corrected chi connectivity index (χ0v) is 13.5. The number of anilines is 1. The molecular weight excluding hydrogens is 266 g/mol. The van der Waals surface area contributed by atoms with Crippen molar-refractivity contribution in [3.05, 3.63) is 24.3 Å². The van der Waals surface area contributed by atoms with E-state index in [9.17, 15) is 4.79 Å². The molecule has 5 nitrogen and oxygen atoms in total. The number of benzene rings is 1. The van der Waals surface area contributed by atoms with Crippen molar-refractivity contribution < 1.29 is 9.53 Å². The number of nitrogens with two attached hydrogens (primary N) is 1. The van der Waals surface area contributed by atoms with Gasteiger partial charge in [0.25, 0.3) is 0 Å². The van der Waals surface area contributed by atoms with Crippen molar-refractivity contribution in [2.75, 3.05) is 31.6 Å². The minimum atomic E-state index is -0.890. The second-order valence-corrected chi connectivity index (χ2v) is 5.58. The van der Waals surface area contributed by atoms with Gasteiger partial charge >= 0.3 is 0 Å². The fourth-order valence-corrected chi connectivity index (χ4v) is 1.76. The van der Waals surface area contributed by atoms with Crippen LogP contribution in [-0.2, 0) is 4.79 Å². The second kappa shape index (κ2) is 8.00. The Balaban J connectivity index is 2.45. The summed E-state index contributed by atoms with van der Waals surface area (Å²) in [7, 11) is 0. The lowest BCUT2D eigenvalue weighted by Gasteiger charge is -2.19. The van der Waals surface area contributed by atoms with E-state index >= 15 is 0 Å². The number of hydrogen-bond donors (Lipinski definition) is 2. The van der Waals surface area contributed by atoms with Crippen molar-refractivity contribution in [1.29, 1.82) is 0 Å². The Labute approximate surface area is 127 Å². The minimum absolute atomic E-state index is 0.210. The smallest absolute Gasteiger partial charge is 0.243 e. The molecular formula is C16H27N3O2. The molecule has 0 aliphatic heterocycles. The molecule has 0 unspecified atom stereocenters. The van der Waals surface area contributed by atoms with Crippen LogP contribution in [0.2, 0.25) is 0 Å². The van der Waals surface area contributed by atoms with Gasteiger partial charge in [0.15, 0.2) is 0 Å². The first-order valence-electron chi connectivity index (χ1n) is 7.42. The molecule has 0 atom stereocenters. The molecule has 0 heterocycles. The first kappa shape index (κ1) is 17.5. The number of nitrogens with zero attached hydrogens (tertiary/aromatic N) is 1. The van der Waals surface area contributed by atoms with E-state index in [4.69, 9.17) is 10.5 Å². The summed E-state index contributed by atoms with van der Waals surface area (Å²) in [4.78, 5) is 14.1. The van der Waals surface area contributed by atoms with Gasteiger partial charge in [-0.25, -0.2) is 0 Å². The van der Waals surface area contributed by atoms with Crippen LogP contribution >= 0.6 is 0 Å². The third-order valence-electron chi connectivity index (χ3n) is 3.27. The van der Waals surface area contributed by atoms with Gasteiger partial charge in [-0.2, -0.15) is 0 Å². The number of ether oxygens (including phenoxy) is 1. The van der Waals surface area contributed by atoms with Crippen LogP contribution < -0.4 is 15.8 Å². The van der Waals surface area contributed by atoms with Gasteiger partial charge in [0.2, 0.25) is 5.91 Å². The SMILES string of the molecule is CCN(CC)CCOc1ccc(NC(=O)C(C)(C)N)cc1. The molecule has 118 valence electrons. The summed E-state index contributed by atoms with van der Waals surface area (Å²) < 4.78 is 5.69. The maximum atomic E-state index is 11.8. The number of rotatable bonds is 8. The summed E-state index contributed by atoms with van der Waals surface area (Å²) in [5, 5.41) is 2.77. The normalized spacial score (nSPS) is 11.5. The maximum absolute atomic E-state index is 11.8. The molecule has 0 aliphatic carbocycles. The van der Waals surface area contributed by atoms with E-state index in [0.29, 0.717) is 6.61 Å². The van der Waals surface area contributed by atoms with Crippen LogP contribution in [0.1, 0.15) is 27.7 Å². The molecule has 0 fully saturated rings. The lowest BCUT2D eigenvalue weighted by molar-refractivity contribution is -0.120. The number of nitrogens with one attached hydrogen (secondary N) is 1. The van der Waals surface area contributed by atoms with Gasteiger partial charge in [-0.05, 0) is 51.2 Å². The van der Waals surface area contributed by atoms with Gasteiger partial charge in [0.1, 0.15) is 12.4 Å². The molecule has 0 aliphatic rings. The van der Waals surface area contributed by atoms with Crippen LogP contribution in [0, 0.1) is 0 Å². The van der Waals surface area contributed by atoms with Crippen LogP contribution in [-0.4, -0.2) is 42.6 Å². The van der Waals surface area contributed by atoms with E-state index < -0.39 is 5.54 Å². The van der Waals surface area contributed by atoms with Crippen LogP contribution in [0.25, 0.3) is 0 Å². The Hall–Kier alpha value is -1.59. The largest absolute Gasteiger partial charge is 0.492 e. The third kappa shape index (κ3) is 6.14. The highest BCUT2D eigenvalue weighted by atomic mass is 16.5. The summed E-state index contributed by atoms with van der Waals surface area (Å²) in [6.45, 7) is 11.2. The van der Waals surface area contributed by atoms with Crippen LogP contribution in [0.5, 0.6) is 5.75 Å². The molecule has 0 saturated heterocycles. The predicted octanol–water partition coefficient (Wildman–Crippen LogP) is 2.08. The van der Waals surface area contributed by atoms with Crippen molar-refractivity contribution in [2.24, 2.45) is 5.73 Å². The van der Waals surface area contributed by atoms with Crippen molar-refractivity contribution in [3.8, 4) is 5.75 Å². The summed E-state index contributed by atoms with van der Waals surface area (Å²) in [5.41, 5.74) is 5.56. The van der Waals surface area contributed by atoms with Gasteiger partial charge < -0.3 is 20.7 Å². The fourth-order valence-electron chi connectivity index (χ4n) is 1.76. The Morgan fingerprint density at radius 3 is 2.29 bits per heavy atom. The van der Waals surface area contributed by atoms with Gasteiger partial charge in [-0.3, -0.25) is 4.79 Å². The third-order valence-corrected chi connectivity index (χ3v) is 3.27. The zero-order chi connectivity index (χ0) is 15.9. The monoisotopic (exact) mass is 293 g/mol. The summed E-state index contributed by atoms with van der Waals surface area (Å²) >= 11 is 0. The van der Waals surface area contributed by atoms with Crippen molar-refractivity contribution in [1.82, 2.24) is 4.90 Å². The van der Waals surface area contributed by atoms with E-state index in [1.165, 1.54) is 0 Å². The zero-order valence-electron chi connectivity index (χ0n) is 13.5. The van der Waals surface area contributed by atoms with Crippen molar-refractivity contribution >= 4 is 11.6 Å². The second-order valence-electron chi connectivity index (χ2n) is 5.58. The van der Waals surface area contributed by atoms with E-state index in [-0.39, 0.29) is 5.91 Å². The molecule has 1 aromatic rings. The van der Waals surface area contributed by atoms with Crippen LogP contribution in [0.4, 0.5) is 5.69 Å². The molecule has 0 bridgehead atoms. The van der Waals surface area contributed by atoms with E-state index in [1.54, 1.807) is 13.8 Å². The summed E-state index contributed by atoms with van der Waals surface area (Å²) in [6.07, 6.45) is 0. The predicted molar refractivity (Wildman–Crippen MR) is 86.6 cm³/mol. The molecule has 0 saturated carbocycles. The number of carbonyl (C=O) groups excluding carboxylic acids is 1. The molecule has 0 aromatic heterocycles. The number of carbonyl (C=O) groups is 1. The topological polar surface area (TPSA) is 67.6 Å². The molecule has 1 amide bonds. The van der Waals surface area contributed by atoms with Gasteiger partial charge in [-0.1, -0.05) is 13.8 Å². The van der Waals surface area contributed by atoms with Crippen molar-refractivity contribution in [3.63, 3.8) is 0 Å². The quantitative estimate of drug-likeness (QED) is 0.770. The molecule has 3 N–H and O–H groups in total. The van der Waals surface area contributed by atoms with Crippen molar-refractivity contribution in [2.45, 2.75) is 33.2 Å². The maximum Gasteiger partial charge on any atom is 0.243 e. The first-order chi connectivity index (χ1) is 9.86. The van der Waals surface area contributed by atoms with E-state index in [1.807, 2.05) is 24.3 Å². The number of likely N-dealkylation sites (N-methyl/N-ethyl adjacent to an activating group) is 1. The molecule has 1 aromatic carbocycles. The standard InChI is InChI=1S/C16H27N3O2/c1-5-19(6-2)11-12-21-14-9-7-13(8-10-14)18-15(20)16(3,4)17/h7-10H,5-6,11-12,17H2,1-4H3,(H,18,20). The Kier molecular flexibility index (Phi) is 6.65. The number of amides is 1. The van der Waals surface area contributed by atoms with Crippen LogP contribution in [0.3, 0.4) is 0 Å². The molecule has 1 rings (SSSR count). The summed E-state index contributed by atoms with van der Waals surface area (Å²) in [5.74, 6) is 0.588. The lowest BCUT2D eigenvalue weighted by Crippen LogP contribution is -2.45. The fraction of sp³-hybridized carbons (Fsp3) is 0.562. The highest BCUT2D eigenvalue weighted by molar-refractivity contribution is 5.97.